The SMILES string of the molecule is Cl.O=C(NO)C1(S(=O)(=O)N2CCN(c3ncc(-c4cccc(-c5ccccc5)c4)s3)CC2)CCOCC1. The zero-order valence-corrected chi connectivity index (χ0v) is 22.5. The lowest BCUT2D eigenvalue weighted by Gasteiger charge is -2.41. The Morgan fingerprint density at radius 2 is 1.62 bits per heavy atom. The predicted octanol–water partition coefficient (Wildman–Crippen LogP) is 3.41. The number of aromatic nitrogens is 1. The van der Waals surface area contributed by atoms with Gasteiger partial charge in [-0.1, -0.05) is 59.9 Å². The third-order valence-corrected chi connectivity index (χ3v) is 10.6. The highest BCUT2D eigenvalue weighted by molar-refractivity contribution is 7.91. The molecule has 2 aliphatic rings. The number of amides is 1. The summed E-state index contributed by atoms with van der Waals surface area (Å²) in [6.45, 7) is 1.71. The van der Waals surface area contributed by atoms with Gasteiger partial charge in [0.2, 0.25) is 10.0 Å². The molecule has 5 rings (SSSR count). The summed E-state index contributed by atoms with van der Waals surface area (Å²) in [6.07, 6.45) is 1.88. The molecule has 0 radical (unpaired) electrons. The van der Waals surface area contributed by atoms with Crippen LogP contribution in [0.3, 0.4) is 0 Å². The maximum absolute atomic E-state index is 13.5. The summed E-state index contributed by atoms with van der Waals surface area (Å²) in [4.78, 5) is 20.2. The summed E-state index contributed by atoms with van der Waals surface area (Å²) in [5.74, 6) is -0.893. The van der Waals surface area contributed by atoms with E-state index in [-0.39, 0.29) is 51.6 Å². The lowest BCUT2D eigenvalue weighted by atomic mass is 9.98. The van der Waals surface area contributed by atoms with Gasteiger partial charge >= 0.3 is 0 Å². The third-order valence-electron chi connectivity index (χ3n) is 6.91. The first-order chi connectivity index (χ1) is 17.4. The molecule has 3 heterocycles. The van der Waals surface area contributed by atoms with Gasteiger partial charge < -0.3 is 9.64 Å². The van der Waals surface area contributed by atoms with Gasteiger partial charge in [0.15, 0.2) is 9.88 Å². The maximum atomic E-state index is 13.5. The van der Waals surface area contributed by atoms with Crippen LogP contribution in [-0.4, -0.2) is 73.0 Å². The number of thiazole rings is 1. The largest absolute Gasteiger partial charge is 0.381 e. The molecule has 37 heavy (non-hydrogen) atoms. The standard InChI is InChI=1S/C25H28N4O5S2.ClH/c30-23(27-31)25(9-15-34-16-10-25)36(32,33)29-13-11-28(12-14-29)24-26-18-22(35-24)21-8-4-7-20(17-21)19-5-2-1-3-6-19;/h1-8,17-18,31H,9-16H2,(H,27,30);1H. The quantitative estimate of drug-likeness (QED) is 0.348. The number of rotatable bonds is 6. The Bertz CT molecular complexity index is 1320. The number of benzene rings is 2. The first-order valence-electron chi connectivity index (χ1n) is 11.8. The van der Waals surface area contributed by atoms with Gasteiger partial charge in [-0.3, -0.25) is 10.0 Å². The summed E-state index contributed by atoms with van der Waals surface area (Å²) in [5.41, 5.74) is 4.94. The van der Waals surface area contributed by atoms with Crippen LogP contribution in [0, 0.1) is 0 Å². The highest BCUT2D eigenvalue weighted by Crippen LogP contribution is 2.36. The van der Waals surface area contributed by atoms with Gasteiger partial charge in [0.1, 0.15) is 0 Å². The van der Waals surface area contributed by atoms with Crippen molar-refractivity contribution in [3.8, 4) is 21.6 Å². The molecule has 0 aliphatic carbocycles. The van der Waals surface area contributed by atoms with Gasteiger partial charge in [-0.25, -0.2) is 18.9 Å². The Labute approximate surface area is 226 Å². The fraction of sp³-hybridized carbons (Fsp3) is 0.360. The molecule has 0 unspecified atom stereocenters. The average molecular weight is 565 g/mol. The van der Waals surface area contributed by atoms with E-state index in [1.54, 1.807) is 16.8 Å². The normalized spacial score (nSPS) is 18.1. The lowest BCUT2D eigenvalue weighted by Crippen LogP contribution is -2.62. The van der Waals surface area contributed by atoms with E-state index in [1.165, 1.54) is 4.31 Å². The van der Waals surface area contributed by atoms with Gasteiger partial charge in [-0.2, -0.15) is 4.31 Å². The van der Waals surface area contributed by atoms with Crippen molar-refractivity contribution in [3.05, 3.63) is 60.8 Å². The number of piperazine rings is 1. The summed E-state index contributed by atoms with van der Waals surface area (Å²) in [6, 6.07) is 18.5. The average Bonchev–Trinajstić information content (AvgIpc) is 3.44. The number of nitrogens with zero attached hydrogens (tertiary/aromatic N) is 3. The van der Waals surface area contributed by atoms with E-state index in [1.807, 2.05) is 30.5 Å². The highest BCUT2D eigenvalue weighted by atomic mass is 35.5. The van der Waals surface area contributed by atoms with Gasteiger partial charge in [0.05, 0.1) is 4.88 Å². The topological polar surface area (TPSA) is 112 Å². The molecule has 12 heteroatoms. The molecule has 0 spiro atoms. The second-order valence-corrected chi connectivity index (χ2v) is 12.1. The minimum Gasteiger partial charge on any atom is -0.381 e. The highest BCUT2D eigenvalue weighted by Gasteiger charge is 2.54. The second kappa shape index (κ2) is 11.5. The summed E-state index contributed by atoms with van der Waals surface area (Å²) < 4.78 is 32.0. The van der Waals surface area contributed by atoms with Crippen molar-refractivity contribution >= 4 is 44.8 Å². The van der Waals surface area contributed by atoms with E-state index in [2.05, 4.69) is 40.2 Å². The molecular weight excluding hydrogens is 536 g/mol. The number of halogens is 1. The van der Waals surface area contributed by atoms with Crippen molar-refractivity contribution < 1.29 is 23.2 Å². The molecule has 0 atom stereocenters. The van der Waals surface area contributed by atoms with Crippen LogP contribution in [0.15, 0.2) is 60.8 Å². The number of hydrogen-bond acceptors (Lipinski definition) is 8. The first kappa shape index (κ1) is 27.5. The van der Waals surface area contributed by atoms with Gasteiger partial charge in [0.25, 0.3) is 5.91 Å². The Kier molecular flexibility index (Phi) is 8.52. The molecule has 0 saturated carbocycles. The zero-order valence-electron chi connectivity index (χ0n) is 20.1. The Morgan fingerprint density at radius 1 is 0.973 bits per heavy atom. The van der Waals surface area contributed by atoms with Crippen LogP contribution in [0.1, 0.15) is 12.8 Å². The number of sulfonamides is 1. The molecule has 1 amide bonds. The number of ether oxygens (including phenoxy) is 1. The molecule has 2 aromatic carbocycles. The van der Waals surface area contributed by atoms with E-state index in [4.69, 9.17) is 4.74 Å². The first-order valence-corrected chi connectivity index (χ1v) is 14.1. The Hall–Kier alpha value is -2.54. The minimum atomic E-state index is -3.99. The van der Waals surface area contributed by atoms with Crippen LogP contribution in [0.4, 0.5) is 5.13 Å². The van der Waals surface area contributed by atoms with Crippen molar-refractivity contribution in [3.63, 3.8) is 0 Å². The van der Waals surface area contributed by atoms with Crippen molar-refractivity contribution in [2.45, 2.75) is 17.6 Å². The number of carbonyl (C=O) groups is 1. The van der Waals surface area contributed by atoms with Crippen LogP contribution >= 0.6 is 23.7 Å². The molecular formula is C25H29ClN4O5S2. The van der Waals surface area contributed by atoms with E-state index in [0.29, 0.717) is 13.1 Å². The van der Waals surface area contributed by atoms with Gasteiger partial charge in [-0.15, -0.1) is 12.4 Å². The van der Waals surface area contributed by atoms with Gasteiger partial charge in [-0.05, 0) is 22.8 Å². The number of anilines is 1. The molecule has 3 aromatic rings. The van der Waals surface area contributed by atoms with Crippen molar-refractivity contribution in [1.29, 1.82) is 0 Å². The van der Waals surface area contributed by atoms with E-state index < -0.39 is 20.7 Å². The molecule has 2 aliphatic heterocycles. The molecule has 198 valence electrons. The number of hydroxylamine groups is 1. The Morgan fingerprint density at radius 3 is 2.30 bits per heavy atom. The molecule has 9 nitrogen and oxygen atoms in total. The fourth-order valence-electron chi connectivity index (χ4n) is 4.80. The third kappa shape index (κ3) is 5.25. The number of hydrogen-bond donors (Lipinski definition) is 2. The van der Waals surface area contributed by atoms with E-state index >= 15 is 0 Å². The van der Waals surface area contributed by atoms with E-state index in [0.717, 1.165) is 26.7 Å². The van der Waals surface area contributed by atoms with Crippen LogP contribution in [0.25, 0.3) is 21.6 Å². The monoisotopic (exact) mass is 564 g/mol. The van der Waals surface area contributed by atoms with Crippen LogP contribution in [-0.2, 0) is 19.6 Å². The number of carbonyl (C=O) groups excluding carboxylic acids is 1. The molecule has 0 bridgehead atoms. The second-order valence-electron chi connectivity index (χ2n) is 8.89. The number of nitrogens with one attached hydrogen (secondary N) is 1. The summed E-state index contributed by atoms with van der Waals surface area (Å²) in [5, 5.41) is 10.1. The Balaban J connectivity index is 0.00000320. The maximum Gasteiger partial charge on any atom is 0.266 e. The fourth-order valence-corrected chi connectivity index (χ4v) is 7.86. The van der Waals surface area contributed by atoms with E-state index in [9.17, 15) is 18.4 Å². The van der Waals surface area contributed by atoms with Crippen LogP contribution < -0.4 is 10.4 Å². The smallest absolute Gasteiger partial charge is 0.266 e. The summed E-state index contributed by atoms with van der Waals surface area (Å²) >= 11 is 1.57. The molecule has 1 aromatic heterocycles. The van der Waals surface area contributed by atoms with Crippen molar-refractivity contribution in [2.24, 2.45) is 0 Å². The lowest BCUT2D eigenvalue weighted by molar-refractivity contribution is -0.134. The molecule has 2 N–H and O–H groups in total. The zero-order chi connectivity index (χ0) is 25.2. The van der Waals surface area contributed by atoms with Crippen molar-refractivity contribution in [1.82, 2.24) is 14.8 Å². The van der Waals surface area contributed by atoms with Gasteiger partial charge in [0, 0.05) is 58.4 Å². The van der Waals surface area contributed by atoms with Crippen molar-refractivity contribution in [2.75, 3.05) is 44.3 Å². The predicted molar refractivity (Wildman–Crippen MR) is 146 cm³/mol. The summed E-state index contributed by atoms with van der Waals surface area (Å²) in [7, 11) is -3.99. The minimum absolute atomic E-state index is 0. The molecule has 2 saturated heterocycles. The van der Waals surface area contributed by atoms with Crippen LogP contribution in [0.5, 0.6) is 0 Å². The van der Waals surface area contributed by atoms with Crippen LogP contribution in [0.2, 0.25) is 0 Å². The molecule has 2 fully saturated rings.